The predicted molar refractivity (Wildman–Crippen MR) is 57.3 cm³/mol. The summed E-state index contributed by atoms with van der Waals surface area (Å²) in [5.74, 6) is 0.775. The van der Waals surface area contributed by atoms with Gasteiger partial charge < -0.3 is 4.98 Å². The highest BCUT2D eigenvalue weighted by Gasteiger charge is 1.99. The Hall–Kier alpha value is -1.68. The minimum absolute atomic E-state index is 0.775. The van der Waals surface area contributed by atoms with Gasteiger partial charge in [0.2, 0.25) is 0 Å². The van der Waals surface area contributed by atoms with E-state index in [9.17, 15) is 0 Å². The summed E-state index contributed by atoms with van der Waals surface area (Å²) in [6, 6.07) is 5.93. The SMILES string of the molecule is c1c[nH]c2ccnc-2n1.c1ccsc1. The molecule has 0 saturated heterocycles. The molecule has 0 aliphatic carbocycles. The van der Waals surface area contributed by atoms with Crippen LogP contribution in [0.4, 0.5) is 0 Å². The van der Waals surface area contributed by atoms with Crippen molar-refractivity contribution in [2.75, 3.05) is 0 Å². The average molecular weight is 203 g/mol. The molecule has 1 aromatic rings. The Morgan fingerprint density at radius 1 is 1.07 bits per heavy atom. The monoisotopic (exact) mass is 203 g/mol. The first kappa shape index (κ1) is 8.90. The summed E-state index contributed by atoms with van der Waals surface area (Å²) in [5.41, 5.74) is 0.984. The quantitative estimate of drug-likeness (QED) is 0.610. The highest BCUT2D eigenvalue weighted by atomic mass is 32.1. The maximum Gasteiger partial charge on any atom is 0.175 e. The van der Waals surface area contributed by atoms with Crippen LogP contribution in [0.1, 0.15) is 0 Å². The second-order valence-corrected chi connectivity index (χ2v) is 3.38. The smallest absolute Gasteiger partial charge is 0.175 e. The zero-order valence-corrected chi connectivity index (χ0v) is 8.24. The van der Waals surface area contributed by atoms with Gasteiger partial charge in [0.15, 0.2) is 5.82 Å². The van der Waals surface area contributed by atoms with Crippen LogP contribution in [0.3, 0.4) is 0 Å². The van der Waals surface area contributed by atoms with Crippen molar-refractivity contribution in [3.8, 4) is 11.5 Å². The Morgan fingerprint density at radius 3 is 2.50 bits per heavy atom. The van der Waals surface area contributed by atoms with Gasteiger partial charge in [0, 0.05) is 18.6 Å². The summed E-state index contributed by atoms with van der Waals surface area (Å²) in [6.07, 6.45) is 5.20. The minimum atomic E-state index is 0.775. The van der Waals surface area contributed by atoms with Crippen LogP contribution >= 0.6 is 11.3 Å². The largest absolute Gasteiger partial charge is 0.357 e. The molecule has 1 aromatic heterocycles. The molecular formula is C10H9N3S. The molecule has 0 amide bonds. The van der Waals surface area contributed by atoms with Crippen LogP contribution in [0.2, 0.25) is 0 Å². The number of rotatable bonds is 0. The third-order valence-electron chi connectivity index (χ3n) is 1.61. The number of hydrogen-bond acceptors (Lipinski definition) is 3. The van der Waals surface area contributed by atoms with Crippen molar-refractivity contribution in [2.24, 2.45) is 0 Å². The molecule has 3 rings (SSSR count). The molecule has 0 spiro atoms. The number of fused-ring (bicyclic) bond motifs is 1. The van der Waals surface area contributed by atoms with Crippen molar-refractivity contribution in [3.05, 3.63) is 47.5 Å². The molecule has 3 nitrogen and oxygen atoms in total. The molecule has 14 heavy (non-hydrogen) atoms. The van der Waals surface area contributed by atoms with E-state index in [1.807, 2.05) is 29.0 Å². The molecule has 0 aromatic carbocycles. The molecule has 4 heteroatoms. The van der Waals surface area contributed by atoms with Gasteiger partial charge in [-0.15, -0.1) is 0 Å². The zero-order chi connectivity index (χ0) is 9.64. The van der Waals surface area contributed by atoms with E-state index in [4.69, 9.17) is 0 Å². The summed E-state index contributed by atoms with van der Waals surface area (Å²) in [6.45, 7) is 0. The fourth-order valence-electron chi connectivity index (χ4n) is 1.00. The Kier molecular flexibility index (Phi) is 2.88. The van der Waals surface area contributed by atoms with E-state index in [0.717, 1.165) is 11.5 Å². The minimum Gasteiger partial charge on any atom is -0.357 e. The number of H-pyrrole nitrogens is 1. The highest BCUT2D eigenvalue weighted by molar-refractivity contribution is 7.07. The Balaban J connectivity index is 0.000000128. The van der Waals surface area contributed by atoms with E-state index in [0.29, 0.717) is 0 Å². The molecule has 0 atom stereocenters. The van der Waals surface area contributed by atoms with Gasteiger partial charge in [0.05, 0.1) is 5.69 Å². The van der Waals surface area contributed by atoms with Gasteiger partial charge in [-0.05, 0) is 16.8 Å². The van der Waals surface area contributed by atoms with Crippen molar-refractivity contribution in [1.29, 1.82) is 0 Å². The van der Waals surface area contributed by atoms with E-state index >= 15 is 0 Å². The maximum absolute atomic E-state index is 4.00. The van der Waals surface area contributed by atoms with E-state index in [1.54, 1.807) is 29.9 Å². The molecule has 3 heterocycles. The van der Waals surface area contributed by atoms with Crippen molar-refractivity contribution in [3.63, 3.8) is 0 Å². The normalized spacial score (nSPS) is 9.43. The first-order valence-corrected chi connectivity index (χ1v) is 5.12. The van der Waals surface area contributed by atoms with E-state index in [-0.39, 0.29) is 0 Å². The fraction of sp³-hybridized carbons (Fsp3) is 0. The van der Waals surface area contributed by atoms with Gasteiger partial charge in [-0.3, -0.25) is 0 Å². The van der Waals surface area contributed by atoms with Gasteiger partial charge in [0.25, 0.3) is 0 Å². The maximum atomic E-state index is 4.00. The lowest BCUT2D eigenvalue weighted by atomic mass is 10.4. The number of thiophene rings is 1. The molecule has 0 fully saturated rings. The lowest BCUT2D eigenvalue weighted by molar-refractivity contribution is 1.16. The summed E-state index contributed by atoms with van der Waals surface area (Å²) in [4.78, 5) is 11.0. The van der Waals surface area contributed by atoms with Crippen LogP contribution in [0.5, 0.6) is 0 Å². The predicted octanol–water partition coefficient (Wildman–Crippen LogP) is 2.66. The van der Waals surface area contributed by atoms with E-state index < -0.39 is 0 Å². The second kappa shape index (κ2) is 4.53. The number of aromatic nitrogens is 3. The van der Waals surface area contributed by atoms with Crippen LogP contribution in [0.25, 0.3) is 11.5 Å². The molecule has 2 aliphatic rings. The first-order chi connectivity index (χ1) is 6.97. The van der Waals surface area contributed by atoms with Gasteiger partial charge in [-0.25, -0.2) is 9.97 Å². The number of nitrogens with one attached hydrogen (secondary N) is 1. The van der Waals surface area contributed by atoms with Crippen LogP contribution in [0.15, 0.2) is 47.5 Å². The van der Waals surface area contributed by atoms with E-state index in [2.05, 4.69) is 15.0 Å². The van der Waals surface area contributed by atoms with Crippen molar-refractivity contribution < 1.29 is 0 Å². The third-order valence-corrected chi connectivity index (χ3v) is 2.24. The summed E-state index contributed by atoms with van der Waals surface area (Å²) in [7, 11) is 0. The fourth-order valence-corrected chi connectivity index (χ4v) is 1.46. The van der Waals surface area contributed by atoms with Gasteiger partial charge in [-0.2, -0.15) is 11.3 Å². The summed E-state index contributed by atoms with van der Waals surface area (Å²) in [5, 5.41) is 4.08. The number of hydrogen-bond donors (Lipinski definition) is 1. The third kappa shape index (κ3) is 2.17. The number of aromatic amines is 1. The van der Waals surface area contributed by atoms with Crippen molar-refractivity contribution in [2.45, 2.75) is 0 Å². The standard InChI is InChI=1S/C6H5N3.C4H4S/c1-2-8-6-5(1)7-3-4-9-6;1-2-4-5-3-1/h1-4,7H;1-4H. The number of nitrogens with zero attached hydrogens (tertiary/aromatic N) is 2. The second-order valence-electron chi connectivity index (χ2n) is 2.56. The Labute approximate surface area is 85.8 Å². The van der Waals surface area contributed by atoms with Gasteiger partial charge in [0.1, 0.15) is 0 Å². The zero-order valence-electron chi connectivity index (χ0n) is 7.42. The van der Waals surface area contributed by atoms with E-state index in [1.165, 1.54) is 0 Å². The van der Waals surface area contributed by atoms with Crippen molar-refractivity contribution in [1.82, 2.24) is 15.0 Å². The summed E-state index contributed by atoms with van der Waals surface area (Å²) < 4.78 is 0. The average Bonchev–Trinajstić information content (AvgIpc) is 2.92. The molecule has 0 saturated carbocycles. The van der Waals surface area contributed by atoms with Gasteiger partial charge >= 0.3 is 0 Å². The first-order valence-electron chi connectivity index (χ1n) is 4.18. The van der Waals surface area contributed by atoms with Gasteiger partial charge in [-0.1, -0.05) is 12.1 Å². The molecule has 2 aliphatic heterocycles. The molecule has 0 radical (unpaired) electrons. The molecular weight excluding hydrogens is 194 g/mol. The topological polar surface area (TPSA) is 41.6 Å². The Bertz CT molecular complexity index is 388. The molecule has 0 unspecified atom stereocenters. The van der Waals surface area contributed by atoms with Crippen LogP contribution in [0, 0.1) is 0 Å². The van der Waals surface area contributed by atoms with Crippen LogP contribution in [-0.2, 0) is 0 Å². The lowest BCUT2D eigenvalue weighted by Gasteiger charge is -1.90. The molecule has 0 bridgehead atoms. The van der Waals surface area contributed by atoms with Crippen LogP contribution in [-0.4, -0.2) is 15.0 Å². The lowest BCUT2D eigenvalue weighted by Crippen LogP contribution is -1.83. The summed E-state index contributed by atoms with van der Waals surface area (Å²) >= 11 is 1.71. The Morgan fingerprint density at radius 2 is 1.86 bits per heavy atom. The molecule has 70 valence electrons. The van der Waals surface area contributed by atoms with Crippen molar-refractivity contribution >= 4 is 11.3 Å². The highest BCUT2D eigenvalue weighted by Crippen LogP contribution is 2.10. The molecule has 1 N–H and O–H groups in total. The van der Waals surface area contributed by atoms with Crippen LogP contribution < -0.4 is 0 Å².